The number of amides is 1. The average molecular weight is 300 g/mol. The minimum Gasteiger partial charge on any atom is -0.465 e. The van der Waals surface area contributed by atoms with Crippen molar-refractivity contribution in [1.82, 2.24) is 9.88 Å². The van der Waals surface area contributed by atoms with E-state index in [4.69, 9.17) is 0 Å². The molecule has 0 saturated carbocycles. The van der Waals surface area contributed by atoms with Crippen LogP contribution in [0.25, 0.3) is 10.9 Å². The van der Waals surface area contributed by atoms with Crippen molar-refractivity contribution in [2.75, 3.05) is 6.54 Å². The lowest BCUT2D eigenvalue weighted by Gasteiger charge is -2.27. The first-order valence-electron chi connectivity index (χ1n) is 7.53. The predicted molar refractivity (Wildman–Crippen MR) is 83.9 cm³/mol. The van der Waals surface area contributed by atoms with Crippen molar-refractivity contribution < 1.29 is 15.0 Å². The van der Waals surface area contributed by atoms with Crippen LogP contribution in [-0.2, 0) is 0 Å². The highest BCUT2D eigenvalue weighted by atomic mass is 16.4. The van der Waals surface area contributed by atoms with Gasteiger partial charge in [-0.15, -0.1) is 0 Å². The zero-order valence-corrected chi connectivity index (χ0v) is 12.8. The quantitative estimate of drug-likeness (QED) is 0.894. The topological polar surface area (TPSA) is 73.7 Å². The van der Waals surface area contributed by atoms with Gasteiger partial charge in [-0.1, -0.05) is 18.2 Å². The summed E-state index contributed by atoms with van der Waals surface area (Å²) in [6.45, 7) is 4.43. The van der Waals surface area contributed by atoms with Crippen molar-refractivity contribution >= 4 is 17.0 Å². The lowest BCUT2D eigenvalue weighted by molar-refractivity contribution is 0.0684. The van der Waals surface area contributed by atoms with Crippen LogP contribution in [0.4, 0.5) is 4.79 Å². The number of nitrogens with zero attached hydrogens (tertiary/aromatic N) is 2. The summed E-state index contributed by atoms with van der Waals surface area (Å²) >= 11 is 0. The minimum atomic E-state index is -0.971. The molecule has 0 bridgehead atoms. The number of hydrogen-bond acceptors (Lipinski definition) is 3. The first-order chi connectivity index (χ1) is 10.5. The second-order valence-electron chi connectivity index (χ2n) is 5.94. The van der Waals surface area contributed by atoms with Gasteiger partial charge in [0.05, 0.1) is 11.6 Å². The van der Waals surface area contributed by atoms with E-state index in [1.54, 1.807) is 0 Å². The fraction of sp³-hybridized carbons (Fsp3) is 0.412. The van der Waals surface area contributed by atoms with Crippen LogP contribution in [0.2, 0.25) is 0 Å². The third-order valence-electron chi connectivity index (χ3n) is 4.55. The fourth-order valence-corrected chi connectivity index (χ4v) is 3.22. The number of para-hydroxylation sites is 1. The third kappa shape index (κ3) is 2.41. The molecule has 0 spiro atoms. The number of carboxylic acid groups (broad SMARTS) is 1. The van der Waals surface area contributed by atoms with Crippen LogP contribution in [0.15, 0.2) is 24.3 Å². The van der Waals surface area contributed by atoms with Gasteiger partial charge in [0.25, 0.3) is 0 Å². The Morgan fingerprint density at radius 1 is 1.41 bits per heavy atom. The van der Waals surface area contributed by atoms with Crippen LogP contribution < -0.4 is 0 Å². The molecule has 22 heavy (non-hydrogen) atoms. The van der Waals surface area contributed by atoms with Gasteiger partial charge in [0.1, 0.15) is 6.10 Å². The highest BCUT2D eigenvalue weighted by Gasteiger charge is 2.35. The van der Waals surface area contributed by atoms with Crippen molar-refractivity contribution in [2.45, 2.75) is 38.8 Å². The first-order valence-corrected chi connectivity index (χ1v) is 7.53. The van der Waals surface area contributed by atoms with Gasteiger partial charge in [0.2, 0.25) is 0 Å². The molecule has 1 aliphatic heterocycles. The number of carbonyl (C=O) groups is 1. The number of rotatable bonds is 2. The molecule has 5 nitrogen and oxygen atoms in total. The number of likely N-dealkylation sites (tertiary alicyclic amines) is 1. The molecule has 2 N–H and O–H groups in total. The zero-order chi connectivity index (χ0) is 15.9. The van der Waals surface area contributed by atoms with Crippen LogP contribution in [0, 0.1) is 13.8 Å². The number of pyridine rings is 1. The van der Waals surface area contributed by atoms with Crippen LogP contribution in [-0.4, -0.2) is 38.8 Å². The van der Waals surface area contributed by atoms with Gasteiger partial charge < -0.3 is 15.1 Å². The highest BCUT2D eigenvalue weighted by Crippen LogP contribution is 2.33. The fourth-order valence-electron chi connectivity index (χ4n) is 3.22. The van der Waals surface area contributed by atoms with Crippen molar-refractivity contribution in [2.24, 2.45) is 0 Å². The van der Waals surface area contributed by atoms with Crippen molar-refractivity contribution in [1.29, 1.82) is 0 Å². The molecule has 1 saturated heterocycles. The molecule has 0 radical (unpaired) electrons. The van der Waals surface area contributed by atoms with Gasteiger partial charge in [0.15, 0.2) is 0 Å². The summed E-state index contributed by atoms with van der Waals surface area (Å²) in [5.41, 5.74) is 3.50. The molecule has 116 valence electrons. The van der Waals surface area contributed by atoms with Gasteiger partial charge in [-0.2, -0.15) is 0 Å². The summed E-state index contributed by atoms with van der Waals surface area (Å²) in [7, 11) is 0. The Kier molecular flexibility index (Phi) is 3.74. The zero-order valence-electron chi connectivity index (χ0n) is 12.8. The van der Waals surface area contributed by atoms with E-state index in [0.29, 0.717) is 18.5 Å². The van der Waals surface area contributed by atoms with Crippen molar-refractivity contribution in [3.05, 3.63) is 41.1 Å². The van der Waals surface area contributed by atoms with Crippen molar-refractivity contribution in [3.63, 3.8) is 0 Å². The number of aryl methyl sites for hydroxylation is 2. The normalized spacial score (nSPS) is 19.6. The number of fused-ring (bicyclic) bond motifs is 1. The maximum atomic E-state index is 11.3. The Bertz CT molecular complexity index is 729. The lowest BCUT2D eigenvalue weighted by atomic mass is 9.97. The number of aliphatic hydroxyl groups is 1. The summed E-state index contributed by atoms with van der Waals surface area (Å²) in [5.74, 6) is 0. The van der Waals surface area contributed by atoms with Gasteiger partial charge in [-0.05, 0) is 38.3 Å². The van der Waals surface area contributed by atoms with E-state index < -0.39 is 18.2 Å². The molecule has 1 unspecified atom stereocenters. The average Bonchev–Trinajstić information content (AvgIpc) is 2.97. The molecular formula is C17H20N2O3. The highest BCUT2D eigenvalue weighted by molar-refractivity contribution is 5.83. The summed E-state index contributed by atoms with van der Waals surface area (Å²) in [4.78, 5) is 17.3. The van der Waals surface area contributed by atoms with Crippen molar-refractivity contribution in [3.8, 4) is 0 Å². The molecule has 1 aromatic heterocycles. The van der Waals surface area contributed by atoms with E-state index in [0.717, 1.165) is 28.6 Å². The van der Waals surface area contributed by atoms with Crippen LogP contribution >= 0.6 is 0 Å². The number of aliphatic hydroxyl groups excluding tert-OH is 1. The summed E-state index contributed by atoms with van der Waals surface area (Å²) < 4.78 is 0. The Balaban J connectivity index is 2.06. The maximum Gasteiger partial charge on any atom is 0.407 e. The van der Waals surface area contributed by atoms with E-state index in [2.05, 4.69) is 11.1 Å². The van der Waals surface area contributed by atoms with E-state index in [-0.39, 0.29) is 0 Å². The van der Waals surface area contributed by atoms with E-state index in [1.807, 2.05) is 32.0 Å². The van der Waals surface area contributed by atoms with Gasteiger partial charge in [-0.3, -0.25) is 4.98 Å². The Labute approximate surface area is 129 Å². The van der Waals surface area contributed by atoms with Gasteiger partial charge in [0, 0.05) is 23.2 Å². The Hall–Kier alpha value is -2.14. The van der Waals surface area contributed by atoms with E-state index >= 15 is 0 Å². The molecular weight excluding hydrogens is 280 g/mol. The SMILES string of the molecule is Cc1cc2cccc(C(O)[C@H]3CCCN3C(=O)O)c2nc1C. The lowest BCUT2D eigenvalue weighted by Crippen LogP contribution is -2.38. The predicted octanol–water partition coefficient (Wildman–Crippen LogP) is 3.03. The van der Waals surface area contributed by atoms with Crippen LogP contribution in [0.1, 0.15) is 35.8 Å². The maximum absolute atomic E-state index is 11.3. The summed E-state index contributed by atoms with van der Waals surface area (Å²) in [5, 5.41) is 21.0. The molecule has 0 aliphatic carbocycles. The van der Waals surface area contributed by atoms with Gasteiger partial charge in [-0.25, -0.2) is 4.79 Å². The largest absolute Gasteiger partial charge is 0.465 e. The van der Waals surface area contributed by atoms with Crippen LogP contribution in [0.3, 0.4) is 0 Å². The molecule has 2 heterocycles. The monoisotopic (exact) mass is 300 g/mol. The second kappa shape index (κ2) is 5.57. The standard InChI is InChI=1S/C17H20N2O3/c1-10-9-12-5-3-6-13(15(12)18-11(10)2)16(20)14-7-4-8-19(14)17(21)22/h3,5-6,9,14,16,20H,4,7-8H2,1-2H3,(H,21,22)/t14-,16?/m1/s1. The van der Waals surface area contributed by atoms with E-state index in [1.165, 1.54) is 4.90 Å². The Morgan fingerprint density at radius 3 is 2.91 bits per heavy atom. The number of benzene rings is 1. The number of aromatic nitrogens is 1. The summed E-state index contributed by atoms with van der Waals surface area (Å²) in [6, 6.07) is 7.35. The molecule has 1 aliphatic rings. The minimum absolute atomic E-state index is 0.397. The molecule has 1 aromatic carbocycles. The summed E-state index contributed by atoms with van der Waals surface area (Å²) in [6.07, 6.45) is -0.363. The molecule has 2 aromatic rings. The smallest absolute Gasteiger partial charge is 0.407 e. The van der Waals surface area contributed by atoms with Crippen LogP contribution in [0.5, 0.6) is 0 Å². The first kappa shape index (κ1) is 14.8. The molecule has 1 fully saturated rings. The molecule has 3 rings (SSSR count). The second-order valence-corrected chi connectivity index (χ2v) is 5.94. The Morgan fingerprint density at radius 2 is 2.18 bits per heavy atom. The van der Waals surface area contributed by atoms with Gasteiger partial charge >= 0.3 is 6.09 Å². The molecule has 1 amide bonds. The molecule has 5 heteroatoms. The number of hydrogen-bond donors (Lipinski definition) is 2. The van der Waals surface area contributed by atoms with E-state index in [9.17, 15) is 15.0 Å². The molecule has 2 atom stereocenters. The third-order valence-corrected chi connectivity index (χ3v) is 4.55.